The van der Waals surface area contributed by atoms with Gasteiger partial charge in [0, 0.05) is 19.1 Å². The first-order valence-electron chi connectivity index (χ1n) is 5.12. The topological polar surface area (TPSA) is 63.4 Å². The minimum absolute atomic E-state index is 0. The number of benzene rings is 1. The quantitative estimate of drug-likeness (QED) is 0.902. The van der Waals surface area contributed by atoms with Crippen LogP contribution in [0.25, 0.3) is 0 Å². The van der Waals surface area contributed by atoms with Gasteiger partial charge in [-0.2, -0.15) is 4.31 Å². The van der Waals surface area contributed by atoms with Crippen molar-refractivity contribution in [1.82, 2.24) is 4.31 Å². The number of sulfonamides is 1. The molecule has 0 aromatic heterocycles. The Hall–Kier alpha value is -0.400. The van der Waals surface area contributed by atoms with Gasteiger partial charge in [-0.15, -0.1) is 12.4 Å². The summed E-state index contributed by atoms with van der Waals surface area (Å²) in [6, 6.07) is 3.10. The molecule has 1 aromatic rings. The van der Waals surface area contributed by atoms with Gasteiger partial charge in [-0.3, -0.25) is 0 Å². The van der Waals surface area contributed by atoms with Crippen molar-refractivity contribution < 1.29 is 12.8 Å². The lowest BCUT2D eigenvalue weighted by Crippen LogP contribution is -2.32. The van der Waals surface area contributed by atoms with Gasteiger partial charge in [0.2, 0.25) is 10.0 Å². The molecular formula is C10H13Cl2FN2O2S. The van der Waals surface area contributed by atoms with Crippen LogP contribution in [0.4, 0.5) is 4.39 Å². The zero-order valence-corrected chi connectivity index (χ0v) is 11.7. The minimum atomic E-state index is -3.66. The van der Waals surface area contributed by atoms with Crippen LogP contribution >= 0.6 is 24.0 Å². The number of hydrogen-bond donors (Lipinski definition) is 1. The Kier molecular flexibility index (Phi) is 4.97. The second-order valence-electron chi connectivity index (χ2n) is 3.99. The van der Waals surface area contributed by atoms with Crippen molar-refractivity contribution >= 4 is 34.0 Å². The number of hydrogen-bond acceptors (Lipinski definition) is 3. The van der Waals surface area contributed by atoms with Gasteiger partial charge in [0.1, 0.15) is 10.7 Å². The number of halogens is 3. The van der Waals surface area contributed by atoms with Crippen molar-refractivity contribution in [1.29, 1.82) is 0 Å². The lowest BCUT2D eigenvalue weighted by atomic mass is 10.3. The van der Waals surface area contributed by atoms with Gasteiger partial charge < -0.3 is 5.73 Å². The van der Waals surface area contributed by atoms with Crippen LogP contribution in [0.3, 0.4) is 0 Å². The number of nitrogens with two attached hydrogens (primary N) is 1. The molecule has 1 aliphatic rings. The highest BCUT2D eigenvalue weighted by Gasteiger charge is 2.32. The highest BCUT2D eigenvalue weighted by atomic mass is 35.5. The van der Waals surface area contributed by atoms with Gasteiger partial charge in [0.05, 0.1) is 5.02 Å². The van der Waals surface area contributed by atoms with Gasteiger partial charge in [0.25, 0.3) is 0 Å². The Balaban J connectivity index is 0.00000162. The first-order chi connectivity index (χ1) is 7.91. The standard InChI is InChI=1S/C10H12ClFN2O2S.ClH/c11-9-5-7(12)1-2-10(9)17(15,16)14-4-3-8(13)6-14;/h1-2,5,8H,3-4,6,13H2;1H. The summed E-state index contributed by atoms with van der Waals surface area (Å²) < 4.78 is 38.5. The maximum atomic E-state index is 12.9. The molecule has 4 nitrogen and oxygen atoms in total. The molecule has 1 saturated heterocycles. The molecule has 102 valence electrons. The van der Waals surface area contributed by atoms with Crippen molar-refractivity contribution in [2.45, 2.75) is 17.4 Å². The fraction of sp³-hybridized carbons (Fsp3) is 0.400. The summed E-state index contributed by atoms with van der Waals surface area (Å²) in [5, 5.41) is -0.106. The molecule has 1 aliphatic heterocycles. The van der Waals surface area contributed by atoms with Crippen LogP contribution in [0.2, 0.25) is 5.02 Å². The molecule has 1 unspecified atom stereocenters. The van der Waals surface area contributed by atoms with Crippen molar-refractivity contribution in [2.24, 2.45) is 5.73 Å². The van der Waals surface area contributed by atoms with Gasteiger partial charge in [-0.05, 0) is 24.6 Å². The van der Waals surface area contributed by atoms with E-state index in [0.717, 1.165) is 12.1 Å². The van der Waals surface area contributed by atoms with E-state index in [-0.39, 0.29) is 34.9 Å². The van der Waals surface area contributed by atoms with E-state index in [4.69, 9.17) is 17.3 Å². The SMILES string of the molecule is Cl.NC1CCN(S(=O)(=O)c2ccc(F)cc2Cl)C1. The molecule has 1 heterocycles. The monoisotopic (exact) mass is 314 g/mol. The Morgan fingerprint density at radius 1 is 1.44 bits per heavy atom. The molecule has 1 atom stereocenters. The summed E-state index contributed by atoms with van der Waals surface area (Å²) in [5.41, 5.74) is 5.66. The first kappa shape index (κ1) is 15.7. The summed E-state index contributed by atoms with van der Waals surface area (Å²) in [7, 11) is -3.66. The van der Waals surface area contributed by atoms with Crippen LogP contribution < -0.4 is 5.73 Å². The Morgan fingerprint density at radius 3 is 2.61 bits per heavy atom. The summed E-state index contributed by atoms with van der Waals surface area (Å²) in [6.45, 7) is 0.646. The fourth-order valence-corrected chi connectivity index (χ4v) is 3.81. The largest absolute Gasteiger partial charge is 0.326 e. The molecule has 1 fully saturated rings. The fourth-order valence-electron chi connectivity index (χ4n) is 1.80. The van der Waals surface area contributed by atoms with Crippen LogP contribution in [0.15, 0.2) is 23.1 Å². The average molecular weight is 315 g/mol. The maximum absolute atomic E-state index is 12.9. The van der Waals surface area contributed by atoms with Crippen LogP contribution in [0.1, 0.15) is 6.42 Å². The van der Waals surface area contributed by atoms with Crippen molar-refractivity contribution in [3.8, 4) is 0 Å². The molecule has 18 heavy (non-hydrogen) atoms. The first-order valence-corrected chi connectivity index (χ1v) is 6.94. The van der Waals surface area contributed by atoms with E-state index in [0.29, 0.717) is 13.0 Å². The van der Waals surface area contributed by atoms with E-state index in [9.17, 15) is 12.8 Å². The van der Waals surface area contributed by atoms with Gasteiger partial charge in [-0.25, -0.2) is 12.8 Å². The van der Waals surface area contributed by atoms with E-state index < -0.39 is 15.8 Å². The molecule has 0 bridgehead atoms. The summed E-state index contributed by atoms with van der Waals surface area (Å²) in [5.74, 6) is -0.563. The predicted octanol–water partition coefficient (Wildman–Crippen LogP) is 1.62. The van der Waals surface area contributed by atoms with Crippen LogP contribution in [0.5, 0.6) is 0 Å². The van der Waals surface area contributed by atoms with Crippen molar-refractivity contribution in [3.05, 3.63) is 29.0 Å². The third kappa shape index (κ3) is 2.95. The molecule has 2 rings (SSSR count). The zero-order valence-electron chi connectivity index (χ0n) is 9.34. The summed E-state index contributed by atoms with van der Waals surface area (Å²) >= 11 is 5.75. The number of rotatable bonds is 2. The average Bonchev–Trinajstić information content (AvgIpc) is 2.64. The van der Waals surface area contributed by atoms with Crippen LogP contribution in [-0.4, -0.2) is 31.9 Å². The third-order valence-electron chi connectivity index (χ3n) is 2.70. The van der Waals surface area contributed by atoms with E-state index in [1.807, 2.05) is 0 Å². The number of nitrogens with zero attached hydrogens (tertiary/aromatic N) is 1. The molecule has 0 amide bonds. The Bertz CT molecular complexity index is 539. The van der Waals surface area contributed by atoms with E-state index >= 15 is 0 Å². The Labute approximate surface area is 116 Å². The third-order valence-corrected chi connectivity index (χ3v) is 5.05. The molecule has 0 aliphatic carbocycles. The van der Waals surface area contributed by atoms with Gasteiger partial charge >= 0.3 is 0 Å². The molecule has 0 spiro atoms. The molecule has 0 saturated carbocycles. The molecule has 1 aromatic carbocycles. The zero-order chi connectivity index (χ0) is 12.6. The van der Waals surface area contributed by atoms with Gasteiger partial charge in [-0.1, -0.05) is 11.6 Å². The lowest BCUT2D eigenvalue weighted by Gasteiger charge is -2.16. The maximum Gasteiger partial charge on any atom is 0.244 e. The second kappa shape index (κ2) is 5.71. The normalized spacial score (nSPS) is 20.7. The van der Waals surface area contributed by atoms with E-state index in [1.165, 1.54) is 10.4 Å². The van der Waals surface area contributed by atoms with Crippen LogP contribution in [0, 0.1) is 5.82 Å². The smallest absolute Gasteiger partial charge is 0.244 e. The van der Waals surface area contributed by atoms with Crippen molar-refractivity contribution in [3.63, 3.8) is 0 Å². The van der Waals surface area contributed by atoms with E-state index in [1.54, 1.807) is 0 Å². The Morgan fingerprint density at radius 2 is 2.11 bits per heavy atom. The summed E-state index contributed by atoms with van der Waals surface area (Å²) in [6.07, 6.45) is 0.623. The molecule has 8 heteroatoms. The molecule has 2 N–H and O–H groups in total. The summed E-state index contributed by atoms with van der Waals surface area (Å²) in [4.78, 5) is -0.0744. The van der Waals surface area contributed by atoms with Crippen molar-refractivity contribution in [2.75, 3.05) is 13.1 Å². The molecule has 0 radical (unpaired) electrons. The second-order valence-corrected chi connectivity index (χ2v) is 6.30. The van der Waals surface area contributed by atoms with E-state index in [2.05, 4.69) is 0 Å². The highest BCUT2D eigenvalue weighted by Crippen LogP contribution is 2.27. The molecular weight excluding hydrogens is 302 g/mol. The van der Waals surface area contributed by atoms with Crippen LogP contribution in [-0.2, 0) is 10.0 Å². The minimum Gasteiger partial charge on any atom is -0.326 e. The van der Waals surface area contributed by atoms with Gasteiger partial charge in [0.15, 0.2) is 0 Å². The lowest BCUT2D eigenvalue weighted by molar-refractivity contribution is 0.472. The predicted molar refractivity (Wildman–Crippen MR) is 70.0 cm³/mol. The highest BCUT2D eigenvalue weighted by molar-refractivity contribution is 7.89.